The van der Waals surface area contributed by atoms with Gasteiger partial charge in [0.1, 0.15) is 5.75 Å². The Morgan fingerprint density at radius 3 is 2.22 bits per heavy atom. The van der Waals surface area contributed by atoms with Crippen LogP contribution in [-0.2, 0) is 9.53 Å². The van der Waals surface area contributed by atoms with Crippen molar-refractivity contribution in [3.05, 3.63) is 70.8 Å². The van der Waals surface area contributed by atoms with Gasteiger partial charge >= 0.3 is 5.97 Å². The Kier molecular flexibility index (Phi) is 5.58. The van der Waals surface area contributed by atoms with Gasteiger partial charge in [-0.1, -0.05) is 30.3 Å². The molecule has 23 heavy (non-hydrogen) atoms. The molecule has 3 nitrogen and oxygen atoms in total. The van der Waals surface area contributed by atoms with Gasteiger partial charge in [-0.25, -0.2) is 4.79 Å². The van der Waals surface area contributed by atoms with E-state index in [1.165, 1.54) is 11.1 Å². The van der Waals surface area contributed by atoms with Gasteiger partial charge in [-0.15, -0.1) is 0 Å². The molecular weight excluding hydrogens is 288 g/mol. The van der Waals surface area contributed by atoms with Gasteiger partial charge in [-0.2, -0.15) is 0 Å². The van der Waals surface area contributed by atoms with Gasteiger partial charge in [0.15, 0.2) is 0 Å². The fourth-order valence-corrected chi connectivity index (χ4v) is 2.31. The fourth-order valence-electron chi connectivity index (χ4n) is 2.31. The highest BCUT2D eigenvalue weighted by Crippen LogP contribution is 2.27. The highest BCUT2D eigenvalue weighted by Gasteiger charge is 2.10. The van der Waals surface area contributed by atoms with E-state index in [0.717, 1.165) is 22.4 Å². The van der Waals surface area contributed by atoms with Gasteiger partial charge in [0.25, 0.3) is 0 Å². The summed E-state index contributed by atoms with van der Waals surface area (Å²) in [6.07, 6.45) is 1.55. The molecule has 0 N–H and O–H groups in total. The zero-order valence-corrected chi connectivity index (χ0v) is 14.1. The van der Waals surface area contributed by atoms with E-state index in [1.54, 1.807) is 20.1 Å². The molecule has 0 aliphatic heterocycles. The van der Waals surface area contributed by atoms with Crippen LogP contribution >= 0.6 is 0 Å². The molecule has 0 aromatic heterocycles. The number of carbonyl (C=O) groups excluding carboxylic acids is 1. The average molecular weight is 310 g/mol. The minimum Gasteiger partial charge on any atom is -0.497 e. The summed E-state index contributed by atoms with van der Waals surface area (Å²) in [6.45, 7) is 6.29. The second-order valence-corrected chi connectivity index (χ2v) is 5.34. The molecule has 0 heterocycles. The summed E-state index contributed by atoms with van der Waals surface area (Å²) in [4.78, 5) is 12.0. The number of ether oxygens (including phenoxy) is 2. The first-order valence-corrected chi connectivity index (χ1v) is 7.65. The molecule has 0 saturated carbocycles. The van der Waals surface area contributed by atoms with Gasteiger partial charge in [-0.3, -0.25) is 0 Å². The Hall–Kier alpha value is -2.55. The van der Waals surface area contributed by atoms with Crippen LogP contribution in [-0.4, -0.2) is 19.7 Å². The van der Waals surface area contributed by atoms with Gasteiger partial charge in [0.2, 0.25) is 0 Å². The first kappa shape index (κ1) is 16.8. The van der Waals surface area contributed by atoms with Crippen LogP contribution in [0.3, 0.4) is 0 Å². The summed E-state index contributed by atoms with van der Waals surface area (Å²) >= 11 is 0. The molecule has 0 fully saturated rings. The number of rotatable bonds is 5. The molecule has 0 aliphatic rings. The standard InChI is InChI=1S/C20H22O3/c1-5-23-20(21)13-19(16-8-10-18(22-4)11-9-16)17-7-6-14(2)15(3)12-17/h6-13H,5H2,1-4H3/b19-13-. The Morgan fingerprint density at radius 2 is 1.65 bits per heavy atom. The molecule has 2 aromatic rings. The number of methoxy groups -OCH3 is 1. The Balaban J connectivity index is 2.50. The molecule has 120 valence electrons. The highest BCUT2D eigenvalue weighted by atomic mass is 16.5. The molecule has 2 aromatic carbocycles. The maximum atomic E-state index is 12.0. The van der Waals surface area contributed by atoms with Crippen molar-refractivity contribution in [1.29, 1.82) is 0 Å². The molecule has 0 unspecified atom stereocenters. The highest BCUT2D eigenvalue weighted by molar-refractivity contribution is 5.96. The van der Waals surface area contributed by atoms with E-state index in [1.807, 2.05) is 30.3 Å². The van der Waals surface area contributed by atoms with Gasteiger partial charge in [-0.05, 0) is 60.7 Å². The number of benzene rings is 2. The molecule has 0 amide bonds. The van der Waals surface area contributed by atoms with Crippen LogP contribution in [0.15, 0.2) is 48.5 Å². The maximum Gasteiger partial charge on any atom is 0.331 e. The molecule has 3 heteroatoms. The summed E-state index contributed by atoms with van der Waals surface area (Å²) in [5.74, 6) is 0.445. The van der Waals surface area contributed by atoms with Crippen molar-refractivity contribution in [2.45, 2.75) is 20.8 Å². The smallest absolute Gasteiger partial charge is 0.331 e. The van der Waals surface area contributed by atoms with Crippen molar-refractivity contribution in [3.8, 4) is 5.75 Å². The van der Waals surface area contributed by atoms with Crippen LogP contribution in [0.25, 0.3) is 5.57 Å². The third kappa shape index (κ3) is 4.22. The molecule has 0 atom stereocenters. The topological polar surface area (TPSA) is 35.5 Å². The maximum absolute atomic E-state index is 12.0. The summed E-state index contributed by atoms with van der Waals surface area (Å²) in [7, 11) is 1.63. The lowest BCUT2D eigenvalue weighted by Crippen LogP contribution is -2.02. The molecule has 0 saturated heterocycles. The zero-order valence-electron chi connectivity index (χ0n) is 14.1. The van der Waals surface area contributed by atoms with Crippen molar-refractivity contribution >= 4 is 11.5 Å². The zero-order chi connectivity index (χ0) is 16.8. The number of hydrogen-bond acceptors (Lipinski definition) is 3. The van der Waals surface area contributed by atoms with Crippen LogP contribution in [0.4, 0.5) is 0 Å². The molecular formula is C20H22O3. The van der Waals surface area contributed by atoms with Gasteiger partial charge in [0, 0.05) is 6.08 Å². The Labute approximate surface area is 137 Å². The summed E-state index contributed by atoms with van der Waals surface area (Å²) in [5.41, 5.74) is 5.19. The van der Waals surface area contributed by atoms with Crippen LogP contribution < -0.4 is 4.74 Å². The average Bonchev–Trinajstić information content (AvgIpc) is 2.56. The molecule has 0 aliphatic carbocycles. The monoisotopic (exact) mass is 310 g/mol. The number of esters is 1. The fraction of sp³-hybridized carbons (Fsp3) is 0.250. The van der Waals surface area contributed by atoms with Crippen LogP contribution in [0.1, 0.15) is 29.2 Å². The van der Waals surface area contributed by atoms with Crippen molar-refractivity contribution in [2.75, 3.05) is 13.7 Å². The lowest BCUT2D eigenvalue weighted by atomic mass is 9.94. The first-order valence-electron chi connectivity index (χ1n) is 7.65. The summed E-state index contributed by atoms with van der Waals surface area (Å²) in [6, 6.07) is 13.8. The van der Waals surface area contributed by atoms with E-state index in [9.17, 15) is 4.79 Å². The van der Waals surface area contributed by atoms with Crippen molar-refractivity contribution in [3.63, 3.8) is 0 Å². The van der Waals surface area contributed by atoms with Crippen LogP contribution in [0, 0.1) is 13.8 Å². The van der Waals surface area contributed by atoms with Crippen molar-refractivity contribution < 1.29 is 14.3 Å². The normalized spacial score (nSPS) is 11.2. The molecule has 0 spiro atoms. The summed E-state index contributed by atoms with van der Waals surface area (Å²) < 4.78 is 10.3. The van der Waals surface area contributed by atoms with Crippen molar-refractivity contribution in [1.82, 2.24) is 0 Å². The van der Waals surface area contributed by atoms with Crippen molar-refractivity contribution in [2.24, 2.45) is 0 Å². The minimum atomic E-state index is -0.337. The van der Waals surface area contributed by atoms with E-state index in [2.05, 4.69) is 26.0 Å². The number of hydrogen-bond donors (Lipinski definition) is 0. The van der Waals surface area contributed by atoms with E-state index < -0.39 is 0 Å². The summed E-state index contributed by atoms with van der Waals surface area (Å²) in [5, 5.41) is 0. The minimum absolute atomic E-state index is 0.337. The quantitative estimate of drug-likeness (QED) is 0.610. The Bertz CT molecular complexity index is 712. The second kappa shape index (κ2) is 7.63. The third-order valence-corrected chi connectivity index (χ3v) is 3.77. The molecule has 0 bridgehead atoms. The second-order valence-electron chi connectivity index (χ2n) is 5.34. The van der Waals surface area contributed by atoms with E-state index in [4.69, 9.17) is 9.47 Å². The Morgan fingerprint density at radius 1 is 1.00 bits per heavy atom. The SMILES string of the molecule is CCOC(=O)/C=C(/c1ccc(OC)cc1)c1ccc(C)c(C)c1. The first-order chi connectivity index (χ1) is 11.0. The lowest BCUT2D eigenvalue weighted by Gasteiger charge is -2.11. The van der Waals surface area contributed by atoms with E-state index in [-0.39, 0.29) is 5.97 Å². The number of carbonyl (C=O) groups is 1. The van der Waals surface area contributed by atoms with E-state index >= 15 is 0 Å². The van der Waals surface area contributed by atoms with Gasteiger partial charge < -0.3 is 9.47 Å². The number of aryl methyl sites for hydroxylation is 2. The third-order valence-electron chi connectivity index (χ3n) is 3.77. The predicted octanol–water partition coefficient (Wildman–Crippen LogP) is 4.31. The van der Waals surface area contributed by atoms with E-state index in [0.29, 0.717) is 6.61 Å². The van der Waals surface area contributed by atoms with Crippen LogP contribution in [0.2, 0.25) is 0 Å². The van der Waals surface area contributed by atoms with Gasteiger partial charge in [0.05, 0.1) is 13.7 Å². The molecule has 2 rings (SSSR count). The predicted molar refractivity (Wildman–Crippen MR) is 92.6 cm³/mol. The lowest BCUT2D eigenvalue weighted by molar-refractivity contribution is -0.137. The van der Waals surface area contributed by atoms with Crippen LogP contribution in [0.5, 0.6) is 5.75 Å². The molecule has 0 radical (unpaired) electrons. The largest absolute Gasteiger partial charge is 0.497 e.